The van der Waals surface area contributed by atoms with Gasteiger partial charge in [-0.05, 0) is 54.7 Å². The quantitative estimate of drug-likeness (QED) is 0.540. The SMILES string of the molecule is O=C(N[C@@H]1CCCc2ccccc21)c1ccc(-c2ccc([N+](=O)[O-])cc2)o1. The highest BCUT2D eigenvalue weighted by Gasteiger charge is 2.23. The zero-order chi connectivity index (χ0) is 18.8. The van der Waals surface area contributed by atoms with Crippen LogP contribution in [0.2, 0.25) is 0 Å². The molecule has 0 fully saturated rings. The molecule has 3 aromatic rings. The van der Waals surface area contributed by atoms with Gasteiger partial charge in [0.15, 0.2) is 5.76 Å². The van der Waals surface area contributed by atoms with Gasteiger partial charge >= 0.3 is 0 Å². The maximum absolute atomic E-state index is 12.6. The number of aryl methyl sites for hydroxylation is 1. The number of furan rings is 1. The van der Waals surface area contributed by atoms with Gasteiger partial charge in [-0.15, -0.1) is 0 Å². The number of amides is 1. The summed E-state index contributed by atoms with van der Waals surface area (Å²) < 4.78 is 5.68. The van der Waals surface area contributed by atoms with E-state index in [0.717, 1.165) is 19.3 Å². The second-order valence-electron chi connectivity index (χ2n) is 6.58. The average molecular weight is 362 g/mol. The van der Waals surface area contributed by atoms with Crippen molar-refractivity contribution in [3.8, 4) is 11.3 Å². The zero-order valence-corrected chi connectivity index (χ0v) is 14.6. The van der Waals surface area contributed by atoms with Gasteiger partial charge in [0, 0.05) is 17.7 Å². The number of non-ortho nitro benzene ring substituents is 1. The van der Waals surface area contributed by atoms with E-state index >= 15 is 0 Å². The van der Waals surface area contributed by atoms with Gasteiger partial charge in [-0.1, -0.05) is 24.3 Å². The largest absolute Gasteiger partial charge is 0.451 e. The summed E-state index contributed by atoms with van der Waals surface area (Å²) in [5.74, 6) is 0.468. The highest BCUT2D eigenvalue weighted by Crippen LogP contribution is 2.30. The van der Waals surface area contributed by atoms with Crippen molar-refractivity contribution in [1.82, 2.24) is 5.32 Å². The molecule has 0 bridgehead atoms. The van der Waals surface area contributed by atoms with Crippen LogP contribution in [-0.4, -0.2) is 10.8 Å². The minimum atomic E-state index is -0.452. The van der Waals surface area contributed by atoms with Gasteiger partial charge < -0.3 is 9.73 Å². The van der Waals surface area contributed by atoms with E-state index in [1.54, 1.807) is 24.3 Å². The Morgan fingerprint density at radius 1 is 1.07 bits per heavy atom. The van der Waals surface area contributed by atoms with Crippen molar-refractivity contribution < 1.29 is 14.1 Å². The monoisotopic (exact) mass is 362 g/mol. The fourth-order valence-corrected chi connectivity index (χ4v) is 3.50. The minimum Gasteiger partial charge on any atom is -0.451 e. The Hall–Kier alpha value is -3.41. The van der Waals surface area contributed by atoms with Crippen molar-refractivity contribution in [1.29, 1.82) is 0 Å². The second kappa shape index (κ2) is 7.07. The molecule has 136 valence electrons. The van der Waals surface area contributed by atoms with Gasteiger partial charge in [-0.25, -0.2) is 0 Å². The number of nitro benzene ring substituents is 1. The predicted molar refractivity (Wildman–Crippen MR) is 100 cm³/mol. The van der Waals surface area contributed by atoms with Crippen LogP contribution in [0.25, 0.3) is 11.3 Å². The summed E-state index contributed by atoms with van der Waals surface area (Å²) in [7, 11) is 0. The van der Waals surface area contributed by atoms with Crippen molar-refractivity contribution in [3.05, 3.63) is 87.7 Å². The van der Waals surface area contributed by atoms with Gasteiger partial charge in [-0.3, -0.25) is 14.9 Å². The summed E-state index contributed by atoms with van der Waals surface area (Å²) in [6, 6.07) is 17.5. The van der Waals surface area contributed by atoms with Gasteiger partial charge in [0.25, 0.3) is 11.6 Å². The van der Waals surface area contributed by atoms with E-state index in [9.17, 15) is 14.9 Å². The average Bonchev–Trinajstić information content (AvgIpc) is 3.19. The molecule has 1 aliphatic carbocycles. The van der Waals surface area contributed by atoms with E-state index in [1.807, 2.05) is 12.1 Å². The lowest BCUT2D eigenvalue weighted by atomic mass is 9.88. The highest BCUT2D eigenvalue weighted by molar-refractivity contribution is 5.92. The third-order valence-electron chi connectivity index (χ3n) is 4.87. The molecule has 0 saturated heterocycles. The summed E-state index contributed by atoms with van der Waals surface area (Å²) in [5, 5.41) is 13.8. The summed E-state index contributed by atoms with van der Waals surface area (Å²) in [6.45, 7) is 0. The van der Waals surface area contributed by atoms with Crippen LogP contribution in [0.5, 0.6) is 0 Å². The molecule has 0 spiro atoms. The van der Waals surface area contributed by atoms with Crippen LogP contribution >= 0.6 is 0 Å². The molecule has 6 heteroatoms. The van der Waals surface area contributed by atoms with Gasteiger partial charge in [0.2, 0.25) is 0 Å². The number of nitro groups is 1. The lowest BCUT2D eigenvalue weighted by Gasteiger charge is -2.25. The topological polar surface area (TPSA) is 85.4 Å². The number of rotatable bonds is 4. The molecule has 0 aliphatic heterocycles. The molecule has 1 aromatic heterocycles. The molecule has 6 nitrogen and oxygen atoms in total. The van der Waals surface area contributed by atoms with Crippen molar-refractivity contribution in [2.75, 3.05) is 0 Å². The van der Waals surface area contributed by atoms with Crippen LogP contribution in [-0.2, 0) is 6.42 Å². The van der Waals surface area contributed by atoms with Gasteiger partial charge in [-0.2, -0.15) is 0 Å². The number of nitrogens with one attached hydrogen (secondary N) is 1. The third-order valence-corrected chi connectivity index (χ3v) is 4.87. The molecule has 0 unspecified atom stereocenters. The van der Waals surface area contributed by atoms with Crippen molar-refractivity contribution in [2.45, 2.75) is 25.3 Å². The molecule has 4 rings (SSSR count). The molecular formula is C21H18N2O4. The summed E-state index contributed by atoms with van der Waals surface area (Å²) >= 11 is 0. The van der Waals surface area contributed by atoms with Crippen LogP contribution in [0.3, 0.4) is 0 Å². The normalized spacial score (nSPS) is 15.8. The number of carbonyl (C=O) groups is 1. The van der Waals surface area contributed by atoms with Crippen LogP contribution in [0.15, 0.2) is 65.1 Å². The van der Waals surface area contributed by atoms with Crippen LogP contribution < -0.4 is 5.32 Å². The van der Waals surface area contributed by atoms with Crippen molar-refractivity contribution >= 4 is 11.6 Å². The Morgan fingerprint density at radius 2 is 1.85 bits per heavy atom. The number of fused-ring (bicyclic) bond motifs is 1. The molecule has 0 saturated carbocycles. The van der Waals surface area contributed by atoms with E-state index in [1.165, 1.54) is 23.3 Å². The first kappa shape index (κ1) is 17.0. The molecule has 1 amide bonds. The van der Waals surface area contributed by atoms with Crippen LogP contribution in [0, 0.1) is 10.1 Å². The first-order chi connectivity index (χ1) is 13.1. The van der Waals surface area contributed by atoms with Crippen LogP contribution in [0.4, 0.5) is 5.69 Å². The summed E-state index contributed by atoms with van der Waals surface area (Å²) in [6.07, 6.45) is 2.97. The second-order valence-corrected chi connectivity index (χ2v) is 6.58. The van der Waals surface area contributed by atoms with Crippen molar-refractivity contribution in [2.24, 2.45) is 0 Å². The Labute approximate surface area is 156 Å². The molecule has 27 heavy (non-hydrogen) atoms. The Kier molecular flexibility index (Phi) is 4.46. The van der Waals surface area contributed by atoms with E-state index in [2.05, 4.69) is 17.4 Å². The van der Waals surface area contributed by atoms with E-state index in [-0.39, 0.29) is 23.4 Å². The first-order valence-electron chi connectivity index (χ1n) is 8.85. The number of benzene rings is 2. The first-order valence-corrected chi connectivity index (χ1v) is 8.85. The molecular weight excluding hydrogens is 344 g/mol. The maximum atomic E-state index is 12.6. The Balaban J connectivity index is 1.50. The zero-order valence-electron chi connectivity index (χ0n) is 14.6. The Bertz CT molecular complexity index is 991. The van der Waals surface area contributed by atoms with Crippen molar-refractivity contribution in [3.63, 3.8) is 0 Å². The number of nitrogens with zero attached hydrogens (tertiary/aromatic N) is 1. The smallest absolute Gasteiger partial charge is 0.287 e. The molecule has 1 N–H and O–H groups in total. The van der Waals surface area contributed by atoms with Gasteiger partial charge in [0.1, 0.15) is 5.76 Å². The third kappa shape index (κ3) is 3.46. The maximum Gasteiger partial charge on any atom is 0.287 e. The lowest BCUT2D eigenvalue weighted by molar-refractivity contribution is -0.384. The molecule has 0 radical (unpaired) electrons. The Morgan fingerprint density at radius 3 is 2.63 bits per heavy atom. The molecule has 1 heterocycles. The summed E-state index contributed by atoms with van der Waals surface area (Å²) in [4.78, 5) is 22.9. The molecule has 1 atom stereocenters. The van der Waals surface area contributed by atoms with Gasteiger partial charge in [0.05, 0.1) is 11.0 Å². The fourth-order valence-electron chi connectivity index (χ4n) is 3.50. The van der Waals surface area contributed by atoms with E-state index in [4.69, 9.17) is 4.42 Å². The van der Waals surface area contributed by atoms with E-state index < -0.39 is 4.92 Å². The molecule has 1 aliphatic rings. The highest BCUT2D eigenvalue weighted by atomic mass is 16.6. The summed E-state index contributed by atoms with van der Waals surface area (Å²) in [5.41, 5.74) is 3.14. The fraction of sp³-hybridized carbons (Fsp3) is 0.190. The number of hydrogen-bond donors (Lipinski definition) is 1. The van der Waals surface area contributed by atoms with Crippen LogP contribution in [0.1, 0.15) is 40.6 Å². The van der Waals surface area contributed by atoms with E-state index in [0.29, 0.717) is 11.3 Å². The minimum absolute atomic E-state index is 0.0132. The lowest BCUT2D eigenvalue weighted by Crippen LogP contribution is -2.30. The standard InChI is InChI=1S/C21H18N2O4/c24-21(22-18-7-3-5-14-4-1-2-6-17(14)18)20-13-12-19(27-20)15-8-10-16(11-9-15)23(25)26/h1-2,4,6,8-13,18H,3,5,7H2,(H,22,24)/t18-/m1/s1. The number of hydrogen-bond acceptors (Lipinski definition) is 4. The predicted octanol–water partition coefficient (Wildman–Crippen LogP) is 4.66. The molecule has 2 aromatic carbocycles. The number of carbonyl (C=O) groups excluding carboxylic acids is 1.